The maximum absolute atomic E-state index is 10.8. The smallest absolute Gasteiger partial charge is 0.0145 e. The van der Waals surface area contributed by atoms with Gasteiger partial charge in [0.1, 0.15) is 0 Å². The highest BCUT2D eigenvalue weighted by Crippen LogP contribution is 2.02. The zero-order valence-corrected chi connectivity index (χ0v) is 7.81. The summed E-state index contributed by atoms with van der Waals surface area (Å²) < 4.78 is 0. The number of nitrogens with zero attached hydrogens (tertiary/aromatic N) is 1. The van der Waals surface area contributed by atoms with Crippen molar-refractivity contribution in [1.29, 1.82) is 0 Å². The van der Waals surface area contributed by atoms with Gasteiger partial charge in [0, 0.05) is 0 Å². The predicted octanol–water partition coefficient (Wildman–Crippen LogP) is 2.78. The van der Waals surface area contributed by atoms with Crippen molar-refractivity contribution in [2.24, 2.45) is 0 Å². The Balaban J connectivity index is 2.89. The van der Waals surface area contributed by atoms with Crippen LogP contribution in [-0.2, 0) is 0 Å². The van der Waals surface area contributed by atoms with Gasteiger partial charge in [-0.05, 0) is 19.5 Å². The van der Waals surface area contributed by atoms with Crippen LogP contribution in [0.2, 0.25) is 0 Å². The molecule has 68 valence electrons. The number of hydrogen-bond donors (Lipinski definition) is 0. The molecule has 0 aliphatic heterocycles. The third kappa shape index (κ3) is 7.82. The van der Waals surface area contributed by atoms with Crippen LogP contribution in [0.4, 0.5) is 0 Å². The van der Waals surface area contributed by atoms with Gasteiger partial charge < -0.3 is 10.3 Å². The van der Waals surface area contributed by atoms with Gasteiger partial charge in [0.05, 0.1) is 0 Å². The van der Waals surface area contributed by atoms with E-state index in [4.69, 9.17) is 0 Å². The first-order valence-electron chi connectivity index (χ1n) is 4.73. The molecule has 0 bridgehead atoms. The van der Waals surface area contributed by atoms with Crippen LogP contribution in [0.3, 0.4) is 0 Å². The Kier molecular flexibility index (Phi) is 7.96. The average molecular weight is 158 g/mol. The summed E-state index contributed by atoms with van der Waals surface area (Å²) in [6.45, 7) is 5.46. The van der Waals surface area contributed by atoms with E-state index in [9.17, 15) is 5.21 Å². The van der Waals surface area contributed by atoms with Crippen molar-refractivity contribution in [2.45, 2.75) is 46.0 Å². The van der Waals surface area contributed by atoms with Gasteiger partial charge in [0.15, 0.2) is 0 Å². The molecule has 0 saturated heterocycles. The topological polar surface area (TPSA) is 26.3 Å². The summed E-state index contributed by atoms with van der Waals surface area (Å²) in [7, 11) is 0. The molecule has 0 aromatic heterocycles. The Bertz CT molecular complexity index is 76.0. The van der Waals surface area contributed by atoms with Gasteiger partial charge in [-0.2, -0.15) is 0 Å². The Morgan fingerprint density at radius 1 is 1.00 bits per heavy atom. The highest BCUT2D eigenvalue weighted by Gasteiger charge is 1.89. The Morgan fingerprint density at radius 3 is 2.18 bits per heavy atom. The van der Waals surface area contributed by atoms with Crippen LogP contribution >= 0.6 is 0 Å². The van der Waals surface area contributed by atoms with Gasteiger partial charge in [-0.15, -0.1) is 0 Å². The lowest BCUT2D eigenvalue weighted by atomic mass is 10.1. The maximum Gasteiger partial charge on any atom is -0.0145 e. The molecule has 0 rings (SSSR count). The Morgan fingerprint density at radius 2 is 1.64 bits per heavy atom. The fraction of sp³-hybridized carbons (Fsp3) is 1.00. The molecule has 0 amide bonds. The number of hydrogen-bond acceptors (Lipinski definition) is 2. The molecule has 0 heterocycles. The SMILES string of the molecule is CCCCCCCN([O-])CC. The van der Waals surface area contributed by atoms with E-state index >= 15 is 0 Å². The molecule has 0 fully saturated rings. The standard InChI is InChI=1S/C9H20NO/c1-3-5-6-7-8-9-10(11)4-2/h3-9H2,1-2H3/q-1. The number of unbranched alkanes of at least 4 members (excludes halogenated alkanes) is 4. The van der Waals surface area contributed by atoms with Crippen molar-refractivity contribution >= 4 is 0 Å². The summed E-state index contributed by atoms with van der Waals surface area (Å²) in [5, 5.41) is 11.9. The molecular formula is C9H20NO-. The highest BCUT2D eigenvalue weighted by atomic mass is 16.5. The van der Waals surface area contributed by atoms with Crippen LogP contribution in [0.1, 0.15) is 46.0 Å². The molecule has 0 N–H and O–H groups in total. The van der Waals surface area contributed by atoms with Gasteiger partial charge in [0.25, 0.3) is 0 Å². The van der Waals surface area contributed by atoms with Crippen molar-refractivity contribution in [3.8, 4) is 0 Å². The van der Waals surface area contributed by atoms with Crippen molar-refractivity contribution in [3.63, 3.8) is 0 Å². The zero-order valence-electron chi connectivity index (χ0n) is 7.81. The van der Waals surface area contributed by atoms with E-state index < -0.39 is 0 Å². The van der Waals surface area contributed by atoms with E-state index in [-0.39, 0.29) is 0 Å². The van der Waals surface area contributed by atoms with Gasteiger partial charge in [-0.1, -0.05) is 39.5 Å². The lowest BCUT2D eigenvalue weighted by Crippen LogP contribution is -2.16. The van der Waals surface area contributed by atoms with Crippen LogP contribution in [0, 0.1) is 5.21 Å². The summed E-state index contributed by atoms with van der Waals surface area (Å²) in [6, 6.07) is 0. The van der Waals surface area contributed by atoms with Gasteiger partial charge in [-0.3, -0.25) is 0 Å². The molecule has 0 aliphatic rings. The molecule has 11 heavy (non-hydrogen) atoms. The van der Waals surface area contributed by atoms with E-state index in [2.05, 4.69) is 6.92 Å². The molecule has 0 aromatic rings. The van der Waals surface area contributed by atoms with Crippen molar-refractivity contribution < 1.29 is 0 Å². The Hall–Kier alpha value is -0.0800. The quantitative estimate of drug-likeness (QED) is 0.420. The first kappa shape index (κ1) is 10.9. The third-order valence-electron chi connectivity index (χ3n) is 1.86. The summed E-state index contributed by atoms with van der Waals surface area (Å²) >= 11 is 0. The number of rotatable bonds is 7. The zero-order chi connectivity index (χ0) is 8.53. The van der Waals surface area contributed by atoms with Gasteiger partial charge >= 0.3 is 0 Å². The third-order valence-corrected chi connectivity index (χ3v) is 1.86. The second kappa shape index (κ2) is 8.02. The largest absolute Gasteiger partial charge is 0.785 e. The van der Waals surface area contributed by atoms with E-state index in [1.54, 1.807) is 0 Å². The van der Waals surface area contributed by atoms with Crippen LogP contribution < -0.4 is 0 Å². The summed E-state index contributed by atoms with van der Waals surface area (Å²) in [6.07, 6.45) is 6.15. The normalized spacial score (nSPS) is 10.9. The fourth-order valence-corrected chi connectivity index (χ4v) is 1.05. The lowest BCUT2D eigenvalue weighted by molar-refractivity contribution is 0.381. The van der Waals surface area contributed by atoms with E-state index in [0.717, 1.165) is 18.0 Å². The van der Waals surface area contributed by atoms with Crippen molar-refractivity contribution in [1.82, 2.24) is 5.06 Å². The first-order chi connectivity index (χ1) is 5.31. The second-order valence-corrected chi connectivity index (χ2v) is 2.94. The highest BCUT2D eigenvalue weighted by molar-refractivity contribution is 4.53. The summed E-state index contributed by atoms with van der Waals surface area (Å²) in [4.78, 5) is 0. The molecule has 0 aromatic carbocycles. The minimum atomic E-state index is 0.633. The molecule has 0 saturated carbocycles. The molecule has 2 heteroatoms. The van der Waals surface area contributed by atoms with Crippen molar-refractivity contribution in [2.75, 3.05) is 13.1 Å². The van der Waals surface area contributed by atoms with E-state index in [0.29, 0.717) is 6.54 Å². The fourth-order valence-electron chi connectivity index (χ4n) is 1.05. The lowest BCUT2D eigenvalue weighted by Gasteiger charge is -2.25. The molecule has 0 radical (unpaired) electrons. The van der Waals surface area contributed by atoms with Crippen LogP contribution in [0.5, 0.6) is 0 Å². The number of hydroxylamine groups is 2. The van der Waals surface area contributed by atoms with Gasteiger partial charge in [0.2, 0.25) is 0 Å². The van der Waals surface area contributed by atoms with Gasteiger partial charge in [-0.25, -0.2) is 0 Å². The molecule has 2 nitrogen and oxygen atoms in total. The Labute approximate surface area is 70.2 Å². The summed E-state index contributed by atoms with van der Waals surface area (Å²) in [5.74, 6) is 0. The molecule has 0 spiro atoms. The monoisotopic (exact) mass is 158 g/mol. The molecular weight excluding hydrogens is 138 g/mol. The average Bonchev–Trinajstić information content (AvgIpc) is 2.04. The maximum atomic E-state index is 10.8. The molecule has 0 atom stereocenters. The van der Waals surface area contributed by atoms with Crippen LogP contribution in [-0.4, -0.2) is 18.2 Å². The first-order valence-corrected chi connectivity index (χ1v) is 4.73. The van der Waals surface area contributed by atoms with Crippen LogP contribution in [0.15, 0.2) is 0 Å². The minimum Gasteiger partial charge on any atom is -0.785 e. The molecule has 0 aliphatic carbocycles. The second-order valence-electron chi connectivity index (χ2n) is 2.94. The minimum absolute atomic E-state index is 0.633. The van der Waals surface area contributed by atoms with Crippen molar-refractivity contribution in [3.05, 3.63) is 5.21 Å². The van der Waals surface area contributed by atoms with Crippen LogP contribution in [0.25, 0.3) is 0 Å². The van der Waals surface area contributed by atoms with E-state index in [1.165, 1.54) is 25.7 Å². The predicted molar refractivity (Wildman–Crippen MR) is 49.4 cm³/mol. The van der Waals surface area contributed by atoms with E-state index in [1.807, 2.05) is 6.92 Å². The molecule has 0 unspecified atom stereocenters. The summed E-state index contributed by atoms with van der Waals surface area (Å²) in [5.41, 5.74) is 0.